The first-order chi connectivity index (χ1) is 12.1. The second-order valence-electron chi connectivity index (χ2n) is 6.79. The molecule has 2 aliphatic rings. The molecule has 1 aromatic carbocycles. The van der Waals surface area contributed by atoms with E-state index in [9.17, 15) is 4.79 Å². The van der Waals surface area contributed by atoms with Crippen molar-refractivity contribution in [2.75, 3.05) is 31.6 Å². The second-order valence-corrected chi connectivity index (χ2v) is 6.79. The second kappa shape index (κ2) is 6.57. The molecular formula is C18H23N5O2. The zero-order valence-electron chi connectivity index (χ0n) is 14.7. The van der Waals surface area contributed by atoms with Gasteiger partial charge in [0.05, 0.1) is 6.61 Å². The van der Waals surface area contributed by atoms with Gasteiger partial charge in [-0.25, -0.2) is 4.98 Å². The van der Waals surface area contributed by atoms with Crippen LogP contribution in [-0.4, -0.2) is 52.7 Å². The third kappa shape index (κ3) is 3.29. The molecule has 1 atom stereocenters. The van der Waals surface area contributed by atoms with Crippen molar-refractivity contribution in [1.29, 1.82) is 0 Å². The van der Waals surface area contributed by atoms with Gasteiger partial charge in [-0.2, -0.15) is 5.10 Å². The Balaban J connectivity index is 1.46. The quantitative estimate of drug-likeness (QED) is 0.918. The molecular weight excluding hydrogens is 318 g/mol. The van der Waals surface area contributed by atoms with E-state index in [1.54, 1.807) is 4.90 Å². The van der Waals surface area contributed by atoms with Gasteiger partial charge in [-0.1, -0.05) is 12.1 Å². The third-order valence-corrected chi connectivity index (χ3v) is 4.95. The lowest BCUT2D eigenvalue weighted by Crippen LogP contribution is -2.38. The minimum absolute atomic E-state index is 0.0833. The minimum atomic E-state index is -0.0833. The highest BCUT2D eigenvalue weighted by Gasteiger charge is 2.26. The summed E-state index contributed by atoms with van der Waals surface area (Å²) in [5.74, 6) is 1.73. The number of anilines is 1. The Morgan fingerprint density at radius 3 is 3.04 bits per heavy atom. The highest BCUT2D eigenvalue weighted by molar-refractivity contribution is 5.95. The van der Waals surface area contributed by atoms with E-state index in [4.69, 9.17) is 4.74 Å². The van der Waals surface area contributed by atoms with Crippen LogP contribution in [-0.2, 0) is 22.5 Å². The highest BCUT2D eigenvalue weighted by Crippen LogP contribution is 2.28. The summed E-state index contributed by atoms with van der Waals surface area (Å²) >= 11 is 0. The zero-order valence-corrected chi connectivity index (χ0v) is 14.7. The Morgan fingerprint density at radius 2 is 2.24 bits per heavy atom. The van der Waals surface area contributed by atoms with Crippen LogP contribution in [0.3, 0.4) is 0 Å². The summed E-state index contributed by atoms with van der Waals surface area (Å²) in [5.41, 5.74) is 3.57. The van der Waals surface area contributed by atoms with Gasteiger partial charge in [-0.15, -0.1) is 0 Å². The summed E-state index contributed by atoms with van der Waals surface area (Å²) in [4.78, 5) is 20.4. The number of ether oxygens (including phenoxy) is 1. The number of carbonyl (C=O) groups excluding carboxylic acids is 1. The molecule has 0 saturated carbocycles. The average molecular weight is 341 g/mol. The van der Waals surface area contributed by atoms with Crippen LogP contribution in [0.25, 0.3) is 0 Å². The molecule has 132 valence electrons. The van der Waals surface area contributed by atoms with Crippen LogP contribution in [0, 0.1) is 6.92 Å². The van der Waals surface area contributed by atoms with E-state index < -0.39 is 0 Å². The summed E-state index contributed by atoms with van der Waals surface area (Å²) in [6.07, 6.45) is 1.34. The van der Waals surface area contributed by atoms with Gasteiger partial charge < -0.3 is 9.64 Å². The molecule has 0 bridgehead atoms. The maximum atomic E-state index is 11.8. The van der Waals surface area contributed by atoms with Crippen LogP contribution in [0.2, 0.25) is 0 Å². The fourth-order valence-electron chi connectivity index (χ4n) is 3.57. The Hall–Kier alpha value is -2.25. The fourth-order valence-corrected chi connectivity index (χ4v) is 3.57. The van der Waals surface area contributed by atoms with E-state index in [-0.39, 0.29) is 12.0 Å². The molecule has 25 heavy (non-hydrogen) atoms. The maximum absolute atomic E-state index is 11.8. The monoisotopic (exact) mass is 341 g/mol. The summed E-state index contributed by atoms with van der Waals surface area (Å²) in [7, 11) is 1.85. The first-order valence-electron chi connectivity index (χ1n) is 8.71. The van der Waals surface area contributed by atoms with Crippen LogP contribution < -0.4 is 4.90 Å². The number of aromatic nitrogens is 3. The van der Waals surface area contributed by atoms with Gasteiger partial charge in [0.15, 0.2) is 5.82 Å². The predicted molar refractivity (Wildman–Crippen MR) is 93.3 cm³/mol. The van der Waals surface area contributed by atoms with Crippen molar-refractivity contribution in [1.82, 2.24) is 20.1 Å². The van der Waals surface area contributed by atoms with E-state index in [1.807, 2.05) is 14.0 Å². The molecule has 7 nitrogen and oxygen atoms in total. The largest absolute Gasteiger partial charge is 0.367 e. The molecule has 0 aliphatic carbocycles. The Labute approximate surface area is 147 Å². The highest BCUT2D eigenvalue weighted by atomic mass is 16.5. The zero-order chi connectivity index (χ0) is 17.4. The summed E-state index contributed by atoms with van der Waals surface area (Å²) in [5, 5.41) is 7.11. The van der Waals surface area contributed by atoms with E-state index in [0.717, 1.165) is 43.4 Å². The van der Waals surface area contributed by atoms with E-state index in [2.05, 4.69) is 38.3 Å². The van der Waals surface area contributed by atoms with Crippen LogP contribution in [0.4, 0.5) is 5.69 Å². The van der Waals surface area contributed by atoms with Gasteiger partial charge in [-0.3, -0.25) is 14.8 Å². The number of benzene rings is 1. The Morgan fingerprint density at radius 1 is 1.36 bits per heavy atom. The average Bonchev–Trinajstić information content (AvgIpc) is 3.05. The van der Waals surface area contributed by atoms with Crippen molar-refractivity contribution >= 4 is 11.6 Å². The number of aryl methyl sites for hydroxylation is 2. The van der Waals surface area contributed by atoms with E-state index in [0.29, 0.717) is 13.0 Å². The number of H-pyrrole nitrogens is 1. The van der Waals surface area contributed by atoms with Gasteiger partial charge >= 0.3 is 0 Å². The number of aromatic amines is 1. The molecule has 1 fully saturated rings. The molecule has 2 aliphatic heterocycles. The molecule has 7 heteroatoms. The van der Waals surface area contributed by atoms with Gasteiger partial charge in [0.25, 0.3) is 0 Å². The fraction of sp³-hybridized carbons (Fsp3) is 0.500. The molecule has 1 saturated heterocycles. The molecule has 4 rings (SSSR count). The molecule has 1 N–H and O–H groups in total. The molecule has 1 aromatic heterocycles. The van der Waals surface area contributed by atoms with Gasteiger partial charge in [0.1, 0.15) is 11.9 Å². The maximum Gasteiger partial charge on any atom is 0.227 e. The van der Waals surface area contributed by atoms with Crippen molar-refractivity contribution < 1.29 is 9.53 Å². The number of nitrogens with zero attached hydrogens (tertiary/aromatic N) is 4. The van der Waals surface area contributed by atoms with Crippen molar-refractivity contribution in [3.63, 3.8) is 0 Å². The Kier molecular flexibility index (Phi) is 4.27. The topological polar surface area (TPSA) is 74.3 Å². The standard InChI is InChI=1S/C18H23N5O2/c1-12-19-18(21-20-12)16-11-23(7-8-25-16)10-13-3-5-15-14(9-13)4-6-17(24)22(15)2/h3,5,9,16H,4,6-8,10-11H2,1-2H3,(H,19,20,21). The lowest BCUT2D eigenvalue weighted by Gasteiger charge is -2.32. The van der Waals surface area contributed by atoms with E-state index >= 15 is 0 Å². The number of carbonyl (C=O) groups is 1. The number of nitrogens with one attached hydrogen (secondary N) is 1. The predicted octanol–water partition coefficient (Wildman–Crippen LogP) is 1.60. The van der Waals surface area contributed by atoms with Crippen molar-refractivity contribution in [2.24, 2.45) is 0 Å². The molecule has 1 amide bonds. The molecule has 0 radical (unpaired) electrons. The lowest BCUT2D eigenvalue weighted by atomic mass is 9.99. The molecule has 1 unspecified atom stereocenters. The number of hydrogen-bond donors (Lipinski definition) is 1. The van der Waals surface area contributed by atoms with E-state index in [1.165, 1.54) is 11.1 Å². The smallest absolute Gasteiger partial charge is 0.227 e. The number of hydrogen-bond acceptors (Lipinski definition) is 5. The summed E-state index contributed by atoms with van der Waals surface area (Å²) in [6.45, 7) is 5.13. The number of fused-ring (bicyclic) bond motifs is 1. The van der Waals surface area contributed by atoms with Crippen LogP contribution in [0.5, 0.6) is 0 Å². The van der Waals surface area contributed by atoms with Gasteiger partial charge in [0, 0.05) is 38.8 Å². The molecule has 0 spiro atoms. The number of morpholine rings is 1. The first-order valence-corrected chi connectivity index (χ1v) is 8.71. The summed E-state index contributed by atoms with van der Waals surface area (Å²) in [6, 6.07) is 6.42. The molecule has 2 aromatic rings. The molecule has 3 heterocycles. The van der Waals surface area contributed by atoms with Gasteiger partial charge in [-0.05, 0) is 30.5 Å². The first kappa shape index (κ1) is 16.2. The Bertz CT molecular complexity index is 788. The van der Waals surface area contributed by atoms with Gasteiger partial charge in [0.2, 0.25) is 5.91 Å². The SMILES string of the molecule is Cc1nc(C2CN(Cc3ccc4c(c3)CCC(=O)N4C)CCO2)n[nH]1. The minimum Gasteiger partial charge on any atom is -0.367 e. The van der Waals surface area contributed by atoms with Crippen molar-refractivity contribution in [2.45, 2.75) is 32.4 Å². The number of rotatable bonds is 3. The summed E-state index contributed by atoms with van der Waals surface area (Å²) < 4.78 is 5.83. The van der Waals surface area contributed by atoms with Crippen molar-refractivity contribution in [3.05, 3.63) is 41.0 Å². The van der Waals surface area contributed by atoms with Crippen LogP contribution in [0.15, 0.2) is 18.2 Å². The van der Waals surface area contributed by atoms with Crippen LogP contribution >= 0.6 is 0 Å². The lowest BCUT2D eigenvalue weighted by molar-refractivity contribution is -0.118. The van der Waals surface area contributed by atoms with Crippen LogP contribution in [0.1, 0.15) is 35.3 Å². The van der Waals surface area contributed by atoms with Crippen molar-refractivity contribution in [3.8, 4) is 0 Å². The normalized spacial score (nSPS) is 21.4. The third-order valence-electron chi connectivity index (χ3n) is 4.95. The number of amides is 1.